The number of methoxy groups -OCH3 is 1. The summed E-state index contributed by atoms with van der Waals surface area (Å²) in [6.45, 7) is 6.20. The summed E-state index contributed by atoms with van der Waals surface area (Å²) in [4.78, 5) is 36.6. The van der Waals surface area contributed by atoms with Gasteiger partial charge in [-0.15, -0.1) is 0 Å². The van der Waals surface area contributed by atoms with E-state index in [4.69, 9.17) is 18.9 Å². The Kier molecular flexibility index (Phi) is 10.3. The Bertz CT molecular complexity index is 953. The van der Waals surface area contributed by atoms with E-state index in [2.05, 4.69) is 21.5 Å². The minimum absolute atomic E-state index is 0.230. The number of nitrogens with one attached hydrogen (secondary N) is 4. The normalized spacial score (nSPS) is 10.0. The van der Waals surface area contributed by atoms with Gasteiger partial charge in [-0.05, 0) is 57.2 Å². The number of urea groups is 1. The number of hydrogen-bond acceptors (Lipinski definition) is 7. The molecule has 11 nitrogen and oxygen atoms in total. The van der Waals surface area contributed by atoms with Crippen LogP contribution in [0.25, 0.3) is 0 Å². The van der Waals surface area contributed by atoms with Crippen LogP contribution in [0.5, 0.6) is 23.0 Å². The fourth-order valence-corrected chi connectivity index (χ4v) is 2.79. The molecule has 4 amide bonds. The minimum atomic E-state index is -0.654. The van der Waals surface area contributed by atoms with Gasteiger partial charge in [0.2, 0.25) is 5.75 Å². The van der Waals surface area contributed by atoms with E-state index in [0.29, 0.717) is 48.5 Å². The third-order valence-corrected chi connectivity index (χ3v) is 4.24. The van der Waals surface area contributed by atoms with Crippen molar-refractivity contribution in [2.75, 3.05) is 38.8 Å². The van der Waals surface area contributed by atoms with Crippen LogP contribution in [0.1, 0.15) is 31.1 Å². The summed E-state index contributed by atoms with van der Waals surface area (Å²) in [6, 6.07) is 9.03. The third kappa shape index (κ3) is 7.76. The number of anilines is 1. The second-order valence-electron chi connectivity index (χ2n) is 6.64. The molecule has 0 fully saturated rings. The molecule has 0 saturated carbocycles. The maximum Gasteiger partial charge on any atom is 0.337 e. The first-order chi connectivity index (χ1) is 16.4. The fourth-order valence-electron chi connectivity index (χ4n) is 2.79. The van der Waals surface area contributed by atoms with Crippen LogP contribution in [0.4, 0.5) is 10.5 Å². The van der Waals surface area contributed by atoms with Crippen LogP contribution < -0.4 is 40.4 Å². The number of benzene rings is 2. The molecule has 0 radical (unpaired) electrons. The summed E-state index contributed by atoms with van der Waals surface area (Å²) < 4.78 is 21.8. The summed E-state index contributed by atoms with van der Waals surface area (Å²) in [7, 11) is 1.54. The van der Waals surface area contributed by atoms with Crippen LogP contribution in [0.3, 0.4) is 0 Å². The predicted molar refractivity (Wildman–Crippen MR) is 126 cm³/mol. The average Bonchev–Trinajstić information content (AvgIpc) is 2.83. The predicted octanol–water partition coefficient (Wildman–Crippen LogP) is 2.47. The van der Waals surface area contributed by atoms with Crippen molar-refractivity contribution in [3.05, 3.63) is 42.0 Å². The molecule has 0 aliphatic heterocycles. The topological polar surface area (TPSA) is 136 Å². The SMILES string of the molecule is CCOc1cc(C(=O)NCC(=O)NNC(=O)Nc2ccc(OC)cc2)cc(OCC)c1OCC. The smallest absolute Gasteiger partial charge is 0.337 e. The minimum Gasteiger partial charge on any atom is -0.497 e. The quantitative estimate of drug-likeness (QED) is 0.367. The Morgan fingerprint density at radius 3 is 1.94 bits per heavy atom. The molecule has 0 spiro atoms. The number of carbonyl (C=O) groups is 3. The highest BCUT2D eigenvalue weighted by Crippen LogP contribution is 2.39. The molecule has 0 aliphatic rings. The van der Waals surface area contributed by atoms with Crippen LogP contribution in [-0.4, -0.2) is 51.3 Å². The molecule has 34 heavy (non-hydrogen) atoms. The highest BCUT2D eigenvalue weighted by molar-refractivity contribution is 5.98. The van der Waals surface area contributed by atoms with Gasteiger partial charge in [-0.3, -0.25) is 15.0 Å². The second-order valence-corrected chi connectivity index (χ2v) is 6.64. The van der Waals surface area contributed by atoms with Gasteiger partial charge in [0, 0.05) is 11.3 Å². The van der Waals surface area contributed by atoms with Gasteiger partial charge in [-0.1, -0.05) is 0 Å². The molecular formula is C23H30N4O7. The Morgan fingerprint density at radius 2 is 1.41 bits per heavy atom. The van der Waals surface area contributed by atoms with Crippen molar-refractivity contribution in [3.8, 4) is 23.0 Å². The molecule has 11 heteroatoms. The first kappa shape index (κ1) is 26.1. The summed E-state index contributed by atoms with van der Waals surface area (Å²) in [6.07, 6.45) is 0. The number of rotatable bonds is 11. The van der Waals surface area contributed by atoms with Crippen molar-refractivity contribution in [1.29, 1.82) is 0 Å². The van der Waals surface area contributed by atoms with E-state index in [1.807, 2.05) is 20.8 Å². The lowest BCUT2D eigenvalue weighted by Gasteiger charge is -2.17. The van der Waals surface area contributed by atoms with Gasteiger partial charge in [-0.25, -0.2) is 10.2 Å². The number of hydrazine groups is 1. The second kappa shape index (κ2) is 13.4. The van der Waals surface area contributed by atoms with Crippen molar-refractivity contribution in [2.45, 2.75) is 20.8 Å². The van der Waals surface area contributed by atoms with Crippen molar-refractivity contribution >= 4 is 23.5 Å². The molecule has 2 aromatic carbocycles. The first-order valence-corrected chi connectivity index (χ1v) is 10.8. The van der Waals surface area contributed by atoms with Gasteiger partial charge in [0.25, 0.3) is 11.8 Å². The van der Waals surface area contributed by atoms with Crippen LogP contribution in [0.15, 0.2) is 36.4 Å². The van der Waals surface area contributed by atoms with Crippen molar-refractivity contribution in [2.24, 2.45) is 0 Å². The number of hydrogen-bond donors (Lipinski definition) is 4. The molecule has 0 saturated heterocycles. The zero-order valence-electron chi connectivity index (χ0n) is 19.7. The molecule has 184 valence electrons. The first-order valence-electron chi connectivity index (χ1n) is 10.8. The Balaban J connectivity index is 1.92. The molecule has 2 aromatic rings. The average molecular weight is 475 g/mol. The van der Waals surface area contributed by atoms with Gasteiger partial charge in [-0.2, -0.15) is 0 Å². The van der Waals surface area contributed by atoms with Gasteiger partial charge in [0.1, 0.15) is 5.75 Å². The van der Waals surface area contributed by atoms with Crippen molar-refractivity contribution in [1.82, 2.24) is 16.2 Å². The number of ether oxygens (including phenoxy) is 4. The zero-order valence-corrected chi connectivity index (χ0v) is 19.7. The standard InChI is InChI=1S/C23H30N4O7/c1-5-32-18-12-15(13-19(33-6-2)21(18)34-7-3)22(29)24-14-20(28)26-27-23(30)25-16-8-10-17(31-4)11-9-16/h8-13H,5-7,14H2,1-4H3,(H,24,29)(H,26,28)(H2,25,27,30). The third-order valence-electron chi connectivity index (χ3n) is 4.24. The van der Waals surface area contributed by atoms with Crippen LogP contribution in [0, 0.1) is 0 Å². The zero-order chi connectivity index (χ0) is 24.9. The lowest BCUT2D eigenvalue weighted by atomic mass is 10.1. The van der Waals surface area contributed by atoms with E-state index >= 15 is 0 Å². The van der Waals surface area contributed by atoms with Crippen molar-refractivity contribution < 1.29 is 33.3 Å². The van der Waals surface area contributed by atoms with Crippen molar-refractivity contribution in [3.63, 3.8) is 0 Å². The van der Waals surface area contributed by atoms with Gasteiger partial charge in [0.05, 0.1) is 33.5 Å². The number of carbonyl (C=O) groups excluding carboxylic acids is 3. The van der Waals surface area contributed by atoms with Gasteiger partial charge in [0.15, 0.2) is 11.5 Å². The van der Waals surface area contributed by atoms with Gasteiger partial charge < -0.3 is 29.6 Å². The number of amides is 4. The highest BCUT2D eigenvalue weighted by atomic mass is 16.5. The summed E-state index contributed by atoms with van der Waals surface area (Å²) in [5.74, 6) is 0.627. The fraction of sp³-hybridized carbons (Fsp3) is 0.348. The van der Waals surface area contributed by atoms with Gasteiger partial charge >= 0.3 is 6.03 Å². The van der Waals surface area contributed by atoms with Crippen LogP contribution in [-0.2, 0) is 4.79 Å². The van der Waals surface area contributed by atoms with E-state index in [-0.39, 0.29) is 12.1 Å². The summed E-state index contributed by atoms with van der Waals surface area (Å²) in [5.41, 5.74) is 5.16. The molecule has 2 rings (SSSR count). The molecule has 4 N–H and O–H groups in total. The largest absolute Gasteiger partial charge is 0.497 e. The highest BCUT2D eigenvalue weighted by Gasteiger charge is 2.19. The van der Waals surface area contributed by atoms with E-state index in [1.54, 1.807) is 24.3 Å². The molecule has 0 bridgehead atoms. The van der Waals surface area contributed by atoms with E-state index in [9.17, 15) is 14.4 Å². The Morgan fingerprint density at radius 1 is 0.824 bits per heavy atom. The molecule has 0 unspecified atom stereocenters. The Hall–Kier alpha value is -4.15. The van der Waals surface area contributed by atoms with Crippen LogP contribution >= 0.6 is 0 Å². The van der Waals surface area contributed by atoms with E-state index < -0.39 is 17.8 Å². The molecule has 0 aliphatic carbocycles. The monoisotopic (exact) mass is 474 g/mol. The molecular weight excluding hydrogens is 444 g/mol. The molecule has 0 aromatic heterocycles. The lowest BCUT2D eigenvalue weighted by molar-refractivity contribution is -0.120. The summed E-state index contributed by atoms with van der Waals surface area (Å²) in [5, 5.41) is 5.03. The van der Waals surface area contributed by atoms with Crippen LogP contribution in [0.2, 0.25) is 0 Å². The molecule has 0 atom stereocenters. The maximum absolute atomic E-state index is 12.6. The molecule has 0 heterocycles. The van der Waals surface area contributed by atoms with E-state index in [0.717, 1.165) is 0 Å². The van der Waals surface area contributed by atoms with E-state index in [1.165, 1.54) is 19.2 Å². The lowest BCUT2D eigenvalue weighted by Crippen LogP contribution is -2.47. The Labute approximate surface area is 198 Å². The summed E-state index contributed by atoms with van der Waals surface area (Å²) >= 11 is 0. The maximum atomic E-state index is 12.6.